The molecule has 0 spiro atoms. The topological polar surface area (TPSA) is 99.1 Å². The van der Waals surface area contributed by atoms with E-state index in [1.54, 1.807) is 13.0 Å². The van der Waals surface area contributed by atoms with Crippen molar-refractivity contribution in [3.63, 3.8) is 0 Å². The van der Waals surface area contributed by atoms with Crippen molar-refractivity contribution in [1.82, 2.24) is 15.4 Å². The van der Waals surface area contributed by atoms with Crippen LogP contribution in [0.3, 0.4) is 0 Å². The van der Waals surface area contributed by atoms with E-state index in [0.717, 1.165) is 0 Å². The summed E-state index contributed by atoms with van der Waals surface area (Å²) in [6.45, 7) is 1.60. The summed E-state index contributed by atoms with van der Waals surface area (Å²) in [7, 11) is 0. The second kappa shape index (κ2) is 4.01. The number of fused-ring (bicyclic) bond motifs is 1. The van der Waals surface area contributed by atoms with E-state index in [0.29, 0.717) is 11.1 Å². The van der Waals surface area contributed by atoms with Gasteiger partial charge in [0.05, 0.1) is 5.52 Å². The van der Waals surface area contributed by atoms with Gasteiger partial charge >= 0.3 is 5.97 Å². The molecular weight excluding hydrogens is 294 g/mol. The Hall–Kier alpha value is -1.37. The minimum atomic E-state index is -1.18. The van der Waals surface area contributed by atoms with Gasteiger partial charge in [0.15, 0.2) is 11.3 Å². The molecule has 0 bridgehead atoms. The van der Waals surface area contributed by atoms with Gasteiger partial charge in [0.25, 0.3) is 0 Å². The van der Waals surface area contributed by atoms with Gasteiger partial charge < -0.3 is 10.2 Å². The molecule has 1 aromatic heterocycles. The quantitative estimate of drug-likeness (QED) is 0.672. The van der Waals surface area contributed by atoms with Gasteiger partial charge in [0.2, 0.25) is 0 Å². The number of aromatic carboxylic acids is 1. The minimum Gasteiger partial charge on any atom is -0.505 e. The first kappa shape index (κ1) is 11.7. The van der Waals surface area contributed by atoms with E-state index in [4.69, 9.17) is 5.11 Å². The number of aryl methyl sites for hydroxylation is 1. The first-order valence-electron chi connectivity index (χ1n) is 3.88. The molecule has 7 heteroatoms. The first-order chi connectivity index (χ1) is 6.61. The summed E-state index contributed by atoms with van der Waals surface area (Å²) >= 11 is 0. The molecule has 0 saturated carbocycles. The fraction of sp³-hybridized carbons (Fsp3) is 0.125. The molecule has 0 aliphatic carbocycles. The Labute approximate surface area is 99.8 Å². The van der Waals surface area contributed by atoms with Crippen LogP contribution in [0.2, 0.25) is 0 Å². The van der Waals surface area contributed by atoms with Gasteiger partial charge in [-0.15, -0.1) is 5.10 Å². The van der Waals surface area contributed by atoms with Crippen molar-refractivity contribution in [1.29, 1.82) is 0 Å². The normalized spacial score (nSPS) is 9.93. The Bertz CT molecular complexity index is 523. The number of H-pyrrole nitrogens is 1. The van der Waals surface area contributed by atoms with Crippen LogP contribution in [0.4, 0.5) is 0 Å². The number of aromatic nitrogens is 3. The molecule has 2 aromatic rings. The van der Waals surface area contributed by atoms with Gasteiger partial charge in [-0.2, -0.15) is 0 Å². The van der Waals surface area contributed by atoms with Crippen LogP contribution in [0, 0.1) is 6.92 Å². The van der Waals surface area contributed by atoms with Crippen molar-refractivity contribution in [3.8, 4) is 5.75 Å². The summed E-state index contributed by atoms with van der Waals surface area (Å²) in [5.41, 5.74) is 1.03. The maximum Gasteiger partial charge on any atom is 0.339 e. The predicted octanol–water partition coefficient (Wildman–Crippen LogP) is 0.668. The number of rotatable bonds is 1. The summed E-state index contributed by atoms with van der Waals surface area (Å²) < 4.78 is 0. The average molecular weight is 301 g/mol. The molecule has 1 heterocycles. The fourth-order valence-electron chi connectivity index (χ4n) is 1.38. The molecule has 0 aliphatic rings. The monoisotopic (exact) mass is 300 g/mol. The first-order valence-corrected chi connectivity index (χ1v) is 3.88. The zero-order valence-corrected chi connectivity index (χ0v) is 9.06. The van der Waals surface area contributed by atoms with Crippen LogP contribution in [-0.4, -0.2) is 31.6 Å². The summed E-state index contributed by atoms with van der Waals surface area (Å²) in [5.74, 6) is -1.52. The van der Waals surface area contributed by atoms with Crippen molar-refractivity contribution in [2.24, 2.45) is 0 Å². The van der Waals surface area contributed by atoms with Gasteiger partial charge in [-0.3, -0.25) is 5.10 Å². The number of carboxylic acids is 1. The Balaban J connectivity index is 0.00000112. The molecule has 0 saturated heterocycles. The Morgan fingerprint density at radius 1 is 1.53 bits per heavy atom. The van der Waals surface area contributed by atoms with E-state index in [1.807, 2.05) is 0 Å². The smallest absolute Gasteiger partial charge is 0.339 e. The number of hydrogen-bond donors (Lipinski definition) is 3. The van der Waals surface area contributed by atoms with Gasteiger partial charge in [0, 0.05) is 22.4 Å². The number of benzene rings is 1. The zero-order valence-electron chi connectivity index (χ0n) is 7.58. The Morgan fingerprint density at radius 3 is 2.80 bits per heavy atom. The van der Waals surface area contributed by atoms with Crippen molar-refractivity contribution < 1.29 is 37.4 Å². The molecule has 0 fully saturated rings. The van der Waals surface area contributed by atoms with E-state index >= 15 is 0 Å². The van der Waals surface area contributed by atoms with E-state index < -0.39 is 5.97 Å². The number of carboxylic acid groups (broad SMARTS) is 1. The third-order valence-corrected chi connectivity index (χ3v) is 2.01. The van der Waals surface area contributed by atoms with Crippen molar-refractivity contribution in [2.45, 2.75) is 6.92 Å². The molecule has 6 nitrogen and oxygen atoms in total. The Kier molecular flexibility index (Phi) is 3.13. The van der Waals surface area contributed by atoms with Crippen LogP contribution in [0.25, 0.3) is 11.0 Å². The van der Waals surface area contributed by atoms with Crippen LogP contribution >= 0.6 is 0 Å². The molecule has 0 amide bonds. The SMILES string of the molecule is Cc1cc2[nH]nnc2c(O)c1C(=O)O.[Ag]. The number of phenols is 1. The second-order valence-corrected chi connectivity index (χ2v) is 2.93. The second-order valence-electron chi connectivity index (χ2n) is 2.93. The van der Waals surface area contributed by atoms with E-state index in [2.05, 4.69) is 15.4 Å². The van der Waals surface area contributed by atoms with E-state index in [9.17, 15) is 9.90 Å². The van der Waals surface area contributed by atoms with Gasteiger partial charge in [-0.05, 0) is 18.6 Å². The molecule has 0 atom stereocenters. The van der Waals surface area contributed by atoms with Crippen LogP contribution in [0.1, 0.15) is 15.9 Å². The summed E-state index contributed by atoms with van der Waals surface area (Å²) in [6.07, 6.45) is 0. The van der Waals surface area contributed by atoms with Crippen LogP contribution in [-0.2, 0) is 22.4 Å². The molecule has 83 valence electrons. The van der Waals surface area contributed by atoms with Crippen LogP contribution < -0.4 is 0 Å². The largest absolute Gasteiger partial charge is 0.505 e. The summed E-state index contributed by atoms with van der Waals surface area (Å²) in [5, 5.41) is 28.0. The molecule has 2 rings (SSSR count). The fourth-order valence-corrected chi connectivity index (χ4v) is 1.38. The molecule has 0 unspecified atom stereocenters. The zero-order chi connectivity index (χ0) is 10.3. The number of hydrogen-bond acceptors (Lipinski definition) is 4. The molecule has 1 radical (unpaired) electrons. The molecular formula is C8H7AgN3O3. The molecule has 15 heavy (non-hydrogen) atoms. The van der Waals surface area contributed by atoms with Crippen molar-refractivity contribution >= 4 is 17.0 Å². The maximum atomic E-state index is 10.8. The number of aromatic hydroxyl groups is 1. The van der Waals surface area contributed by atoms with Crippen LogP contribution in [0.15, 0.2) is 6.07 Å². The number of aromatic amines is 1. The third-order valence-electron chi connectivity index (χ3n) is 2.01. The van der Waals surface area contributed by atoms with Gasteiger partial charge in [-0.25, -0.2) is 4.79 Å². The Morgan fingerprint density at radius 2 is 2.20 bits per heavy atom. The van der Waals surface area contributed by atoms with Gasteiger partial charge in [-0.1, -0.05) is 5.21 Å². The summed E-state index contributed by atoms with van der Waals surface area (Å²) in [4.78, 5) is 10.8. The minimum absolute atomic E-state index is 0. The van der Waals surface area contributed by atoms with Crippen molar-refractivity contribution in [2.75, 3.05) is 0 Å². The third kappa shape index (κ3) is 1.74. The predicted molar refractivity (Wildman–Crippen MR) is 47.2 cm³/mol. The summed E-state index contributed by atoms with van der Waals surface area (Å²) in [6, 6.07) is 1.58. The molecule has 0 aliphatic heterocycles. The molecule has 3 N–H and O–H groups in total. The van der Waals surface area contributed by atoms with Crippen molar-refractivity contribution in [3.05, 3.63) is 17.2 Å². The number of carbonyl (C=O) groups is 1. The van der Waals surface area contributed by atoms with E-state index in [1.165, 1.54) is 0 Å². The average Bonchev–Trinajstić information content (AvgIpc) is 2.50. The van der Waals surface area contributed by atoms with Crippen LogP contribution in [0.5, 0.6) is 5.75 Å². The number of nitrogens with one attached hydrogen (secondary N) is 1. The standard InChI is InChI=1S/C8H7N3O3.Ag/c1-3-2-4-6(10-11-9-4)7(12)5(3)8(13)14;/h2,12H,1H3,(H,13,14)(H,9,10,11);. The molecule has 1 aromatic carbocycles. The van der Waals surface area contributed by atoms with E-state index in [-0.39, 0.29) is 39.2 Å². The maximum absolute atomic E-state index is 10.8. The number of nitrogens with zero attached hydrogens (tertiary/aromatic N) is 2. The van der Waals surface area contributed by atoms with Gasteiger partial charge in [0.1, 0.15) is 5.56 Å².